The summed E-state index contributed by atoms with van der Waals surface area (Å²) in [6, 6.07) is 41.9. The first kappa shape index (κ1) is 27.8. The van der Waals surface area contributed by atoms with Gasteiger partial charge in [-0.1, -0.05) is 84.9 Å². The lowest BCUT2D eigenvalue weighted by atomic mass is 9.87. The predicted octanol–water partition coefficient (Wildman–Crippen LogP) is 8.84. The molecule has 2 heterocycles. The van der Waals surface area contributed by atoms with Crippen LogP contribution in [-0.4, -0.2) is 30.7 Å². The molecule has 5 heteroatoms. The highest BCUT2D eigenvalue weighted by molar-refractivity contribution is 6.09. The van der Waals surface area contributed by atoms with Gasteiger partial charge in [-0.3, -0.25) is 4.79 Å². The van der Waals surface area contributed by atoms with Gasteiger partial charge in [-0.2, -0.15) is 0 Å². The van der Waals surface area contributed by atoms with Crippen molar-refractivity contribution in [3.05, 3.63) is 138 Å². The van der Waals surface area contributed by atoms with Crippen LogP contribution in [0.5, 0.6) is 11.5 Å². The maximum atomic E-state index is 14.5. The Morgan fingerprint density at radius 3 is 2.07 bits per heavy atom. The molecule has 0 bridgehead atoms. The highest BCUT2D eigenvalue weighted by Crippen LogP contribution is 2.45. The fraction of sp³-hybridized carbons (Fsp3) is 0.205. The van der Waals surface area contributed by atoms with Crippen molar-refractivity contribution in [3.63, 3.8) is 0 Å². The first-order valence-electron chi connectivity index (χ1n) is 15.3. The number of para-hydroxylation sites is 3. The number of carbonyl (C=O) groups excluding carboxylic acids is 1. The van der Waals surface area contributed by atoms with Gasteiger partial charge >= 0.3 is 0 Å². The Hall–Kier alpha value is -5.03. The van der Waals surface area contributed by atoms with Gasteiger partial charge in [0.15, 0.2) is 11.5 Å². The maximum absolute atomic E-state index is 14.5. The van der Waals surface area contributed by atoms with Gasteiger partial charge in [0.25, 0.3) is 5.91 Å². The molecule has 2 atom stereocenters. The summed E-state index contributed by atoms with van der Waals surface area (Å²) in [6.07, 6.45) is 3.65. The van der Waals surface area contributed by atoms with Crippen LogP contribution >= 0.6 is 0 Å². The van der Waals surface area contributed by atoms with Gasteiger partial charge in [0.2, 0.25) is 0 Å². The molecule has 0 radical (unpaired) electrons. The number of hydrogen-bond donors (Lipinski definition) is 0. The van der Waals surface area contributed by atoms with Crippen molar-refractivity contribution >= 4 is 33.4 Å². The Balaban J connectivity index is 1.35. The monoisotopic (exact) mass is 580 g/mol. The Bertz CT molecular complexity index is 1890. The molecular weight excluding hydrogens is 544 g/mol. The third-order valence-corrected chi connectivity index (χ3v) is 9.04. The van der Waals surface area contributed by atoms with E-state index >= 15 is 0 Å². The number of methoxy groups -OCH3 is 2. The number of ether oxygens (including phenoxy) is 2. The van der Waals surface area contributed by atoms with Gasteiger partial charge < -0.3 is 18.9 Å². The molecule has 0 aliphatic carbocycles. The van der Waals surface area contributed by atoms with Gasteiger partial charge in [-0.05, 0) is 73.2 Å². The van der Waals surface area contributed by atoms with Crippen LogP contribution in [0.25, 0.3) is 21.8 Å². The summed E-state index contributed by atoms with van der Waals surface area (Å²) in [6.45, 7) is 0. The van der Waals surface area contributed by atoms with Gasteiger partial charge in [-0.15, -0.1) is 0 Å². The Labute approximate surface area is 258 Å². The van der Waals surface area contributed by atoms with E-state index < -0.39 is 0 Å². The van der Waals surface area contributed by atoms with E-state index in [2.05, 4.69) is 102 Å². The lowest BCUT2D eigenvalue weighted by Crippen LogP contribution is -2.46. The largest absolute Gasteiger partial charge is 0.493 e. The van der Waals surface area contributed by atoms with Crippen LogP contribution in [0.4, 0.5) is 5.69 Å². The van der Waals surface area contributed by atoms with Crippen LogP contribution in [-0.2, 0) is 6.42 Å². The van der Waals surface area contributed by atoms with Crippen molar-refractivity contribution in [1.29, 1.82) is 0 Å². The molecule has 6 aromatic rings. The normalized spacial score (nSPS) is 16.2. The third-order valence-electron chi connectivity index (χ3n) is 9.04. The van der Waals surface area contributed by atoms with Gasteiger partial charge in [0.05, 0.1) is 20.3 Å². The highest BCUT2D eigenvalue weighted by Gasteiger charge is 2.38. The number of rotatable bonds is 8. The zero-order valence-electron chi connectivity index (χ0n) is 25.1. The summed E-state index contributed by atoms with van der Waals surface area (Å²) in [5.74, 6) is 1.13. The lowest BCUT2D eigenvalue weighted by Gasteiger charge is -2.42. The van der Waals surface area contributed by atoms with E-state index in [-0.39, 0.29) is 18.0 Å². The molecule has 1 amide bonds. The standard InChI is InChI=1S/C39H36N2O3/c1-43-37-24-23-28(25-38(37)44-2)39(42)40-29(16-12-15-27-13-4-3-5-14-27)26-36(32-19-8-11-22-35(32)40)41-33-20-9-6-17-30(33)31-18-7-10-21-34(31)41/h3-11,13-14,17-25,29,36H,12,15-16,26H2,1-2H3. The number of hydrogen-bond acceptors (Lipinski definition) is 3. The number of amides is 1. The van der Waals surface area contributed by atoms with Crippen LogP contribution in [0.1, 0.15) is 46.8 Å². The van der Waals surface area contributed by atoms with Crippen LogP contribution in [0.3, 0.4) is 0 Å². The molecule has 1 aliphatic heterocycles. The van der Waals surface area contributed by atoms with E-state index in [0.717, 1.165) is 36.9 Å². The molecule has 0 saturated carbocycles. The molecule has 7 rings (SSSR count). The van der Waals surface area contributed by atoms with Crippen molar-refractivity contribution in [2.45, 2.75) is 37.8 Å². The van der Waals surface area contributed by atoms with Crippen molar-refractivity contribution in [2.75, 3.05) is 19.1 Å². The molecule has 2 unspecified atom stereocenters. The average Bonchev–Trinajstić information content (AvgIpc) is 3.42. The van der Waals surface area contributed by atoms with Gasteiger partial charge in [0, 0.05) is 39.1 Å². The fourth-order valence-corrected chi connectivity index (χ4v) is 7.03. The van der Waals surface area contributed by atoms with Gasteiger partial charge in [-0.25, -0.2) is 0 Å². The molecule has 220 valence electrons. The fourth-order valence-electron chi connectivity index (χ4n) is 7.03. The SMILES string of the molecule is COc1ccc(C(=O)N2c3ccccc3C(n3c4ccccc4c4ccccc43)CC2CCCc2ccccc2)cc1OC. The quantitative estimate of drug-likeness (QED) is 0.181. The Morgan fingerprint density at radius 1 is 0.727 bits per heavy atom. The minimum atomic E-state index is -0.0243. The molecule has 0 saturated heterocycles. The number of anilines is 1. The van der Waals surface area contributed by atoms with Crippen molar-refractivity contribution in [3.8, 4) is 11.5 Å². The van der Waals surface area contributed by atoms with E-state index in [1.165, 1.54) is 27.4 Å². The van der Waals surface area contributed by atoms with E-state index in [1.807, 2.05) is 23.1 Å². The summed E-state index contributed by atoms with van der Waals surface area (Å²) in [4.78, 5) is 16.6. The topological polar surface area (TPSA) is 43.7 Å². The van der Waals surface area contributed by atoms with Crippen molar-refractivity contribution < 1.29 is 14.3 Å². The molecule has 1 aliphatic rings. The number of aromatic nitrogens is 1. The number of benzene rings is 5. The third kappa shape index (κ3) is 4.88. The average molecular weight is 581 g/mol. The molecule has 5 nitrogen and oxygen atoms in total. The second kappa shape index (κ2) is 11.9. The van der Waals surface area contributed by atoms with Gasteiger partial charge in [0.1, 0.15) is 0 Å². The number of nitrogens with zero attached hydrogens (tertiary/aromatic N) is 2. The second-order valence-corrected chi connectivity index (χ2v) is 11.5. The number of aryl methyl sites for hydroxylation is 1. The molecular formula is C39H36N2O3. The molecule has 44 heavy (non-hydrogen) atoms. The summed E-state index contributed by atoms with van der Waals surface area (Å²) >= 11 is 0. The smallest absolute Gasteiger partial charge is 0.258 e. The predicted molar refractivity (Wildman–Crippen MR) is 178 cm³/mol. The van der Waals surface area contributed by atoms with E-state index in [1.54, 1.807) is 20.3 Å². The summed E-state index contributed by atoms with van der Waals surface area (Å²) in [7, 11) is 3.21. The van der Waals surface area contributed by atoms with E-state index in [9.17, 15) is 4.79 Å². The summed E-state index contributed by atoms with van der Waals surface area (Å²) < 4.78 is 13.5. The van der Waals surface area contributed by atoms with Crippen LogP contribution in [0, 0.1) is 0 Å². The maximum Gasteiger partial charge on any atom is 0.258 e. The Morgan fingerprint density at radius 2 is 1.36 bits per heavy atom. The molecule has 0 spiro atoms. The molecule has 5 aromatic carbocycles. The second-order valence-electron chi connectivity index (χ2n) is 11.5. The van der Waals surface area contributed by atoms with Crippen LogP contribution < -0.4 is 14.4 Å². The minimum absolute atomic E-state index is 0.000802. The zero-order chi connectivity index (χ0) is 30.0. The van der Waals surface area contributed by atoms with E-state index in [4.69, 9.17) is 9.47 Å². The molecule has 1 aromatic heterocycles. The number of fused-ring (bicyclic) bond motifs is 4. The van der Waals surface area contributed by atoms with E-state index in [0.29, 0.717) is 17.1 Å². The highest BCUT2D eigenvalue weighted by atomic mass is 16.5. The molecule has 0 N–H and O–H groups in total. The summed E-state index contributed by atoms with van der Waals surface area (Å²) in [5.41, 5.74) is 6.47. The van der Waals surface area contributed by atoms with Crippen LogP contribution in [0.15, 0.2) is 121 Å². The minimum Gasteiger partial charge on any atom is -0.493 e. The first-order chi connectivity index (χ1) is 21.7. The van der Waals surface area contributed by atoms with Crippen molar-refractivity contribution in [1.82, 2.24) is 4.57 Å². The zero-order valence-corrected chi connectivity index (χ0v) is 25.1. The van der Waals surface area contributed by atoms with Crippen molar-refractivity contribution in [2.24, 2.45) is 0 Å². The lowest BCUT2D eigenvalue weighted by molar-refractivity contribution is 0.0968. The molecule has 0 fully saturated rings. The number of carbonyl (C=O) groups is 1. The first-order valence-corrected chi connectivity index (χ1v) is 15.3. The summed E-state index contributed by atoms with van der Waals surface area (Å²) in [5, 5.41) is 2.51. The van der Waals surface area contributed by atoms with Crippen LogP contribution in [0.2, 0.25) is 0 Å². The Kier molecular flexibility index (Phi) is 7.53.